The lowest BCUT2D eigenvalue weighted by molar-refractivity contribution is -0.114. The van der Waals surface area contributed by atoms with Gasteiger partial charge in [0, 0.05) is 30.9 Å². The first-order chi connectivity index (χ1) is 15.2. The number of carbonyl (C=O) groups is 2. The molecule has 0 radical (unpaired) electrons. The van der Waals surface area contributed by atoms with Crippen LogP contribution in [-0.2, 0) is 9.53 Å². The first-order valence-electron chi connectivity index (χ1n) is 11.0. The summed E-state index contributed by atoms with van der Waals surface area (Å²) in [7, 11) is 0. The Balaban J connectivity index is 1.30. The smallest absolute Gasteiger partial charge is 0.253 e. The molecule has 2 saturated heterocycles. The highest BCUT2D eigenvalue weighted by atomic mass is 16.5. The molecule has 2 aromatic rings. The molecule has 0 bridgehead atoms. The van der Waals surface area contributed by atoms with E-state index in [0.29, 0.717) is 23.6 Å². The number of hydrogen-bond donors (Lipinski definition) is 2. The SMILES string of the molecule is O=C(CNc1ccccc1OCC1CCCO1)Nc1cccc(C(=O)N2CCCC2)c1. The Kier molecular flexibility index (Phi) is 7.04. The Labute approximate surface area is 182 Å². The van der Waals surface area contributed by atoms with Crippen molar-refractivity contribution in [2.24, 2.45) is 0 Å². The molecule has 2 heterocycles. The maximum Gasteiger partial charge on any atom is 0.253 e. The highest BCUT2D eigenvalue weighted by Crippen LogP contribution is 2.25. The van der Waals surface area contributed by atoms with Crippen LogP contribution in [0.1, 0.15) is 36.0 Å². The maximum absolute atomic E-state index is 12.6. The van der Waals surface area contributed by atoms with Crippen LogP contribution in [0.3, 0.4) is 0 Å². The van der Waals surface area contributed by atoms with Crippen LogP contribution >= 0.6 is 0 Å². The van der Waals surface area contributed by atoms with Gasteiger partial charge in [-0.3, -0.25) is 9.59 Å². The van der Waals surface area contributed by atoms with E-state index in [2.05, 4.69) is 10.6 Å². The molecule has 2 fully saturated rings. The topological polar surface area (TPSA) is 79.9 Å². The highest BCUT2D eigenvalue weighted by Gasteiger charge is 2.20. The number of ether oxygens (including phenoxy) is 2. The van der Waals surface area contributed by atoms with E-state index in [1.165, 1.54) is 0 Å². The normalized spacial score (nSPS) is 18.1. The predicted molar refractivity (Wildman–Crippen MR) is 120 cm³/mol. The highest BCUT2D eigenvalue weighted by molar-refractivity contribution is 5.98. The molecule has 0 saturated carbocycles. The lowest BCUT2D eigenvalue weighted by atomic mass is 10.1. The molecule has 7 nitrogen and oxygen atoms in total. The first kappa shape index (κ1) is 21.2. The average molecular weight is 424 g/mol. The number of amides is 2. The van der Waals surface area contributed by atoms with E-state index in [0.717, 1.165) is 51.1 Å². The third-order valence-corrected chi connectivity index (χ3v) is 5.56. The summed E-state index contributed by atoms with van der Waals surface area (Å²) in [4.78, 5) is 26.9. The second kappa shape index (κ2) is 10.3. The van der Waals surface area contributed by atoms with Gasteiger partial charge in [-0.2, -0.15) is 0 Å². The number of anilines is 2. The predicted octanol–water partition coefficient (Wildman–Crippen LogP) is 3.53. The van der Waals surface area contributed by atoms with Gasteiger partial charge in [0.15, 0.2) is 0 Å². The van der Waals surface area contributed by atoms with Gasteiger partial charge in [0.05, 0.1) is 18.3 Å². The van der Waals surface area contributed by atoms with Gasteiger partial charge in [-0.25, -0.2) is 0 Å². The van der Waals surface area contributed by atoms with Crippen LogP contribution in [0.5, 0.6) is 5.75 Å². The number of benzene rings is 2. The van der Waals surface area contributed by atoms with Crippen molar-refractivity contribution in [3.05, 3.63) is 54.1 Å². The molecule has 2 aromatic carbocycles. The maximum atomic E-state index is 12.6. The van der Waals surface area contributed by atoms with Crippen molar-refractivity contribution < 1.29 is 19.1 Å². The van der Waals surface area contributed by atoms with E-state index in [1.807, 2.05) is 29.2 Å². The molecule has 1 unspecified atom stereocenters. The molecule has 0 spiro atoms. The number of para-hydroxylation sites is 2. The molecule has 164 valence electrons. The van der Waals surface area contributed by atoms with Crippen molar-refractivity contribution in [2.45, 2.75) is 31.8 Å². The van der Waals surface area contributed by atoms with Gasteiger partial charge in [-0.15, -0.1) is 0 Å². The number of likely N-dealkylation sites (tertiary alicyclic amines) is 1. The van der Waals surface area contributed by atoms with Gasteiger partial charge in [0.2, 0.25) is 5.91 Å². The molecule has 1 atom stereocenters. The third kappa shape index (κ3) is 5.76. The molecule has 31 heavy (non-hydrogen) atoms. The Bertz CT molecular complexity index is 905. The molecule has 4 rings (SSSR count). The zero-order chi connectivity index (χ0) is 21.5. The Morgan fingerprint density at radius 1 is 1.06 bits per heavy atom. The van der Waals surface area contributed by atoms with Gasteiger partial charge in [-0.1, -0.05) is 18.2 Å². The van der Waals surface area contributed by atoms with Crippen LogP contribution in [0.25, 0.3) is 0 Å². The number of nitrogens with one attached hydrogen (secondary N) is 2. The lowest BCUT2D eigenvalue weighted by Crippen LogP contribution is -2.27. The molecule has 0 aliphatic carbocycles. The van der Waals surface area contributed by atoms with Crippen molar-refractivity contribution in [3.63, 3.8) is 0 Å². The molecule has 2 aliphatic heterocycles. The summed E-state index contributed by atoms with van der Waals surface area (Å²) in [6.45, 7) is 2.98. The fraction of sp³-hybridized carbons (Fsp3) is 0.417. The average Bonchev–Trinajstić information content (AvgIpc) is 3.51. The number of rotatable bonds is 8. The van der Waals surface area contributed by atoms with Crippen LogP contribution in [0.15, 0.2) is 48.5 Å². The summed E-state index contributed by atoms with van der Waals surface area (Å²) in [5.74, 6) is 0.521. The largest absolute Gasteiger partial charge is 0.489 e. The van der Waals surface area contributed by atoms with Crippen LogP contribution < -0.4 is 15.4 Å². The van der Waals surface area contributed by atoms with Crippen molar-refractivity contribution in [3.8, 4) is 5.75 Å². The molecule has 0 aromatic heterocycles. The Morgan fingerprint density at radius 2 is 1.90 bits per heavy atom. The summed E-state index contributed by atoms with van der Waals surface area (Å²) in [6.07, 6.45) is 4.31. The quantitative estimate of drug-likeness (QED) is 0.679. The van der Waals surface area contributed by atoms with Gasteiger partial charge < -0.3 is 25.0 Å². The minimum Gasteiger partial charge on any atom is -0.489 e. The summed E-state index contributed by atoms with van der Waals surface area (Å²) < 4.78 is 11.5. The third-order valence-electron chi connectivity index (χ3n) is 5.56. The van der Waals surface area contributed by atoms with Crippen LogP contribution in [0, 0.1) is 0 Å². The fourth-order valence-electron chi connectivity index (χ4n) is 3.91. The van der Waals surface area contributed by atoms with Gasteiger partial charge >= 0.3 is 0 Å². The zero-order valence-corrected chi connectivity index (χ0v) is 17.6. The van der Waals surface area contributed by atoms with E-state index in [-0.39, 0.29) is 24.5 Å². The lowest BCUT2D eigenvalue weighted by Gasteiger charge is -2.16. The van der Waals surface area contributed by atoms with Crippen LogP contribution in [0.4, 0.5) is 11.4 Å². The first-order valence-corrected chi connectivity index (χ1v) is 11.0. The van der Waals surface area contributed by atoms with Crippen molar-refractivity contribution >= 4 is 23.2 Å². The summed E-state index contributed by atoms with van der Waals surface area (Å²) >= 11 is 0. The minimum absolute atomic E-state index is 0.0176. The zero-order valence-electron chi connectivity index (χ0n) is 17.6. The van der Waals surface area contributed by atoms with Crippen LogP contribution in [0.2, 0.25) is 0 Å². The van der Waals surface area contributed by atoms with Gasteiger partial charge in [-0.05, 0) is 56.0 Å². The fourth-order valence-corrected chi connectivity index (χ4v) is 3.91. The molecular weight excluding hydrogens is 394 g/mol. The summed E-state index contributed by atoms with van der Waals surface area (Å²) in [6, 6.07) is 14.7. The van der Waals surface area contributed by atoms with Crippen molar-refractivity contribution in [2.75, 3.05) is 43.5 Å². The summed E-state index contributed by atoms with van der Waals surface area (Å²) in [5.41, 5.74) is 1.97. The number of carbonyl (C=O) groups excluding carboxylic acids is 2. The summed E-state index contributed by atoms with van der Waals surface area (Å²) in [5, 5.41) is 6.00. The number of hydrogen-bond acceptors (Lipinski definition) is 5. The Hall–Kier alpha value is -3.06. The number of nitrogens with zero attached hydrogens (tertiary/aromatic N) is 1. The van der Waals surface area contributed by atoms with Gasteiger partial charge in [0.25, 0.3) is 5.91 Å². The van der Waals surface area contributed by atoms with Gasteiger partial charge in [0.1, 0.15) is 12.4 Å². The molecule has 7 heteroatoms. The van der Waals surface area contributed by atoms with E-state index >= 15 is 0 Å². The van der Waals surface area contributed by atoms with E-state index < -0.39 is 0 Å². The second-order valence-electron chi connectivity index (χ2n) is 7.92. The second-order valence-corrected chi connectivity index (χ2v) is 7.92. The van der Waals surface area contributed by atoms with Crippen LogP contribution in [-0.4, -0.2) is 55.7 Å². The standard InChI is InChI=1S/C24H29N3O4/c28-23(26-19-8-5-7-18(15-19)24(29)27-12-3-4-13-27)16-25-21-10-1-2-11-22(21)31-17-20-9-6-14-30-20/h1-2,5,7-8,10-11,15,20,25H,3-4,6,9,12-14,16-17H2,(H,26,28). The van der Waals surface area contributed by atoms with E-state index in [1.54, 1.807) is 24.3 Å². The van der Waals surface area contributed by atoms with Crippen molar-refractivity contribution in [1.29, 1.82) is 0 Å². The minimum atomic E-state index is -0.195. The van der Waals surface area contributed by atoms with E-state index in [9.17, 15) is 9.59 Å². The molecule has 2 amide bonds. The van der Waals surface area contributed by atoms with E-state index in [4.69, 9.17) is 9.47 Å². The molecule has 2 N–H and O–H groups in total. The monoisotopic (exact) mass is 423 g/mol. The molecular formula is C24H29N3O4. The van der Waals surface area contributed by atoms with Crippen molar-refractivity contribution in [1.82, 2.24) is 4.90 Å². The molecule has 2 aliphatic rings. The Morgan fingerprint density at radius 3 is 2.71 bits per heavy atom.